The summed E-state index contributed by atoms with van der Waals surface area (Å²) in [5.74, 6) is -0.0119. The molecule has 0 bridgehead atoms. The van der Waals surface area contributed by atoms with Crippen molar-refractivity contribution in [3.8, 4) is 0 Å². The first kappa shape index (κ1) is 15.7. The Morgan fingerprint density at radius 3 is 1.09 bits per heavy atom. The van der Waals surface area contributed by atoms with Crippen LogP contribution in [0.2, 0.25) is 0 Å². The molecular weight excluding hydrogens is 276 g/mol. The summed E-state index contributed by atoms with van der Waals surface area (Å²) in [5.41, 5.74) is 4.88. The van der Waals surface area contributed by atoms with Gasteiger partial charge in [-0.2, -0.15) is 0 Å². The fraction of sp³-hybridized carbons (Fsp3) is 0.235. The van der Waals surface area contributed by atoms with Crippen LogP contribution in [-0.2, 0) is 0 Å². The van der Waals surface area contributed by atoms with E-state index in [0.717, 1.165) is 22.7 Å². The molecule has 5 nitrogen and oxygen atoms in total. The highest BCUT2D eigenvalue weighted by atomic mass is 16.1. The number of ketones is 1. The molecule has 0 aromatic heterocycles. The average Bonchev–Trinajstić information content (AvgIpc) is 2.59. The van der Waals surface area contributed by atoms with Crippen LogP contribution in [0.15, 0.2) is 36.4 Å². The largest absolute Gasteiger partial charge is 0.388 e. The minimum atomic E-state index is -0.0119. The van der Waals surface area contributed by atoms with Crippen LogP contribution in [0.1, 0.15) is 15.9 Å². The van der Waals surface area contributed by atoms with Crippen LogP contribution in [0.25, 0.3) is 0 Å². The molecule has 0 aliphatic carbocycles. The predicted octanol–water partition coefficient (Wildman–Crippen LogP) is 3.08. The van der Waals surface area contributed by atoms with E-state index in [2.05, 4.69) is 21.3 Å². The highest BCUT2D eigenvalue weighted by Gasteiger charge is 2.13. The van der Waals surface area contributed by atoms with Crippen molar-refractivity contribution in [2.24, 2.45) is 0 Å². The molecule has 0 amide bonds. The Bertz CT molecular complexity index is 580. The lowest BCUT2D eigenvalue weighted by molar-refractivity contribution is 0.103. The Kier molecular flexibility index (Phi) is 4.88. The maximum Gasteiger partial charge on any atom is 0.193 e. The summed E-state index contributed by atoms with van der Waals surface area (Å²) >= 11 is 0. The Balaban J connectivity index is 2.47. The zero-order valence-corrected chi connectivity index (χ0v) is 13.4. The van der Waals surface area contributed by atoms with Crippen molar-refractivity contribution >= 4 is 28.5 Å². The lowest BCUT2D eigenvalue weighted by atomic mass is 10.0. The lowest BCUT2D eigenvalue weighted by Gasteiger charge is -2.11. The van der Waals surface area contributed by atoms with Gasteiger partial charge in [0.2, 0.25) is 0 Å². The van der Waals surface area contributed by atoms with Gasteiger partial charge in [-0.1, -0.05) is 0 Å². The SMILES string of the molecule is CNc1cc(NC)cc(C(=O)c2cc(NC)cc(NC)c2)c1. The Labute approximate surface area is 131 Å². The molecule has 0 saturated heterocycles. The fourth-order valence-electron chi connectivity index (χ4n) is 2.26. The number of rotatable bonds is 6. The van der Waals surface area contributed by atoms with Gasteiger partial charge in [-0.15, -0.1) is 0 Å². The molecule has 116 valence electrons. The van der Waals surface area contributed by atoms with Gasteiger partial charge in [-0.05, 0) is 36.4 Å². The molecule has 5 heteroatoms. The summed E-state index contributed by atoms with van der Waals surface area (Å²) in [6, 6.07) is 11.3. The first-order valence-corrected chi connectivity index (χ1v) is 7.17. The van der Waals surface area contributed by atoms with Crippen LogP contribution in [0, 0.1) is 0 Å². The number of hydrogen-bond acceptors (Lipinski definition) is 5. The van der Waals surface area contributed by atoms with Crippen molar-refractivity contribution < 1.29 is 4.79 Å². The van der Waals surface area contributed by atoms with E-state index in [1.807, 2.05) is 64.6 Å². The van der Waals surface area contributed by atoms with Gasteiger partial charge >= 0.3 is 0 Å². The molecule has 0 atom stereocenters. The van der Waals surface area contributed by atoms with Crippen LogP contribution in [0.3, 0.4) is 0 Å². The summed E-state index contributed by atoms with van der Waals surface area (Å²) in [6.45, 7) is 0. The summed E-state index contributed by atoms with van der Waals surface area (Å²) in [6.07, 6.45) is 0. The molecule has 4 N–H and O–H groups in total. The average molecular weight is 298 g/mol. The van der Waals surface area contributed by atoms with Crippen molar-refractivity contribution in [2.75, 3.05) is 49.5 Å². The molecular formula is C17H22N4O. The van der Waals surface area contributed by atoms with Crippen LogP contribution in [0.4, 0.5) is 22.7 Å². The maximum absolute atomic E-state index is 12.8. The van der Waals surface area contributed by atoms with E-state index in [9.17, 15) is 4.79 Å². The van der Waals surface area contributed by atoms with Gasteiger partial charge in [0.15, 0.2) is 5.78 Å². The second kappa shape index (κ2) is 6.85. The predicted molar refractivity (Wildman–Crippen MR) is 94.5 cm³/mol. The summed E-state index contributed by atoms with van der Waals surface area (Å²) in [4.78, 5) is 12.8. The summed E-state index contributed by atoms with van der Waals surface area (Å²) in [7, 11) is 7.35. The molecule has 0 aliphatic rings. The monoisotopic (exact) mass is 298 g/mol. The van der Waals surface area contributed by atoms with Crippen molar-refractivity contribution in [3.63, 3.8) is 0 Å². The number of anilines is 4. The lowest BCUT2D eigenvalue weighted by Crippen LogP contribution is -2.05. The molecule has 0 spiro atoms. The minimum Gasteiger partial charge on any atom is -0.388 e. The molecule has 22 heavy (non-hydrogen) atoms. The Morgan fingerprint density at radius 1 is 0.591 bits per heavy atom. The van der Waals surface area contributed by atoms with Gasteiger partial charge in [0.05, 0.1) is 0 Å². The number of benzene rings is 2. The van der Waals surface area contributed by atoms with Gasteiger partial charge < -0.3 is 21.3 Å². The smallest absolute Gasteiger partial charge is 0.193 e. The first-order chi connectivity index (χ1) is 10.6. The summed E-state index contributed by atoms with van der Waals surface area (Å²) < 4.78 is 0. The van der Waals surface area contributed by atoms with Crippen molar-refractivity contribution in [2.45, 2.75) is 0 Å². The number of carbonyl (C=O) groups excluding carboxylic acids is 1. The highest BCUT2D eigenvalue weighted by Crippen LogP contribution is 2.24. The van der Waals surface area contributed by atoms with Crippen molar-refractivity contribution in [1.82, 2.24) is 0 Å². The zero-order chi connectivity index (χ0) is 16.1. The number of nitrogens with one attached hydrogen (secondary N) is 4. The van der Waals surface area contributed by atoms with E-state index in [0.29, 0.717) is 11.1 Å². The molecule has 0 fully saturated rings. The highest BCUT2D eigenvalue weighted by molar-refractivity contribution is 6.11. The molecule has 2 aromatic rings. The minimum absolute atomic E-state index is 0.0119. The topological polar surface area (TPSA) is 65.2 Å². The number of carbonyl (C=O) groups is 1. The van der Waals surface area contributed by atoms with E-state index < -0.39 is 0 Å². The first-order valence-electron chi connectivity index (χ1n) is 7.17. The third kappa shape index (κ3) is 3.31. The Morgan fingerprint density at radius 2 is 0.864 bits per heavy atom. The van der Waals surface area contributed by atoms with Crippen LogP contribution < -0.4 is 21.3 Å². The second-order valence-electron chi connectivity index (χ2n) is 4.93. The molecule has 0 saturated carbocycles. The fourth-order valence-corrected chi connectivity index (χ4v) is 2.26. The van der Waals surface area contributed by atoms with Crippen molar-refractivity contribution in [3.05, 3.63) is 47.5 Å². The van der Waals surface area contributed by atoms with Crippen LogP contribution in [0.5, 0.6) is 0 Å². The molecule has 0 radical (unpaired) electrons. The third-order valence-corrected chi connectivity index (χ3v) is 3.55. The van der Waals surface area contributed by atoms with Gasteiger partial charge in [0.25, 0.3) is 0 Å². The summed E-state index contributed by atoms with van der Waals surface area (Å²) in [5, 5.41) is 12.3. The van der Waals surface area contributed by atoms with Crippen LogP contribution in [-0.4, -0.2) is 34.0 Å². The molecule has 2 rings (SSSR count). The van der Waals surface area contributed by atoms with Gasteiger partial charge in [0, 0.05) is 62.1 Å². The van der Waals surface area contributed by atoms with E-state index in [1.165, 1.54) is 0 Å². The van der Waals surface area contributed by atoms with Crippen LogP contribution >= 0.6 is 0 Å². The number of hydrogen-bond donors (Lipinski definition) is 4. The molecule has 0 heterocycles. The molecule has 0 aliphatic heterocycles. The van der Waals surface area contributed by atoms with Crippen molar-refractivity contribution in [1.29, 1.82) is 0 Å². The Hall–Kier alpha value is -2.69. The van der Waals surface area contributed by atoms with Gasteiger partial charge in [0.1, 0.15) is 0 Å². The second-order valence-corrected chi connectivity index (χ2v) is 4.93. The molecule has 2 aromatic carbocycles. The maximum atomic E-state index is 12.8. The normalized spacial score (nSPS) is 10.0. The van der Waals surface area contributed by atoms with E-state index in [4.69, 9.17) is 0 Å². The quantitative estimate of drug-likeness (QED) is 0.617. The zero-order valence-electron chi connectivity index (χ0n) is 13.4. The van der Waals surface area contributed by atoms with E-state index in [-0.39, 0.29) is 5.78 Å². The van der Waals surface area contributed by atoms with E-state index >= 15 is 0 Å². The van der Waals surface area contributed by atoms with Gasteiger partial charge in [-0.3, -0.25) is 4.79 Å². The third-order valence-electron chi connectivity index (χ3n) is 3.55. The molecule has 0 unspecified atom stereocenters. The van der Waals surface area contributed by atoms with E-state index in [1.54, 1.807) is 0 Å². The standard InChI is InChI=1S/C17H22N4O/c1-18-13-5-11(6-14(9-13)19-2)17(22)12-7-15(20-3)10-16(8-12)21-4/h5-10,18-21H,1-4H3. The van der Waals surface area contributed by atoms with Gasteiger partial charge in [-0.25, -0.2) is 0 Å².